The van der Waals surface area contributed by atoms with Crippen molar-refractivity contribution in [2.45, 2.75) is 0 Å². The normalized spacial score (nSPS) is 13.8. The van der Waals surface area contributed by atoms with Crippen molar-refractivity contribution >= 4 is 46.9 Å². The van der Waals surface area contributed by atoms with Gasteiger partial charge in [0.1, 0.15) is 34.1 Å². The van der Waals surface area contributed by atoms with Gasteiger partial charge in [-0.3, -0.25) is 19.2 Å². The van der Waals surface area contributed by atoms with E-state index in [-0.39, 0.29) is 45.1 Å². The van der Waals surface area contributed by atoms with Gasteiger partial charge in [0, 0.05) is 0 Å². The molecule has 212 valence electrons. The molecule has 0 radical (unpaired) electrons. The Hall–Kier alpha value is -6.50. The lowest BCUT2D eigenvalue weighted by Gasteiger charge is -2.14. The quantitative estimate of drug-likeness (QED) is 0.241. The van der Waals surface area contributed by atoms with Crippen molar-refractivity contribution in [1.82, 2.24) is 0 Å². The lowest BCUT2D eigenvalue weighted by molar-refractivity contribution is 0.0682. The molecule has 0 saturated carbocycles. The fraction of sp³-hybridized carbons (Fsp3) is 0. The predicted octanol–water partition coefficient (Wildman–Crippen LogP) is 3.89. The van der Waals surface area contributed by atoms with Gasteiger partial charge in [-0.05, 0) is 72.8 Å². The van der Waals surface area contributed by atoms with Crippen LogP contribution in [0.15, 0.2) is 72.8 Å². The highest BCUT2D eigenvalue weighted by atomic mass is 16.5. The van der Waals surface area contributed by atoms with Gasteiger partial charge in [0.25, 0.3) is 23.6 Å². The topological polar surface area (TPSA) is 199 Å². The first kappa shape index (κ1) is 26.7. The van der Waals surface area contributed by atoms with Crippen LogP contribution < -0.4 is 14.5 Å². The van der Waals surface area contributed by atoms with Gasteiger partial charge < -0.3 is 25.2 Å². The first-order valence-corrected chi connectivity index (χ1v) is 12.3. The summed E-state index contributed by atoms with van der Waals surface area (Å²) >= 11 is 0. The molecule has 0 aromatic heterocycles. The fourth-order valence-electron chi connectivity index (χ4n) is 4.84. The minimum atomic E-state index is -1.45. The number of ether oxygens (including phenoxy) is 1. The standard InChI is InChI=1S/C30H16N2O11/c33-23-7-1-13(9-21(23)29(39)40)31-25(35)17-5-3-15(11-19(17)27(31)37)43-16-4-6-18-20(12-16)28(38)32(26(18)36)14-2-8-24(34)22(10-14)30(41)42/h1-12,33-34H,(H,39,40)(H,41,42). The average molecular weight is 580 g/mol. The van der Waals surface area contributed by atoms with Gasteiger partial charge in [-0.2, -0.15) is 0 Å². The van der Waals surface area contributed by atoms with E-state index in [2.05, 4.69) is 0 Å². The van der Waals surface area contributed by atoms with E-state index < -0.39 is 58.2 Å². The first-order chi connectivity index (χ1) is 20.5. The highest BCUT2D eigenvalue weighted by Crippen LogP contribution is 2.36. The molecule has 4 aromatic rings. The van der Waals surface area contributed by atoms with Gasteiger partial charge in [0.2, 0.25) is 0 Å². The third kappa shape index (κ3) is 4.19. The smallest absolute Gasteiger partial charge is 0.339 e. The molecule has 4 amide bonds. The van der Waals surface area contributed by atoms with Crippen molar-refractivity contribution in [3.05, 3.63) is 106 Å². The van der Waals surface area contributed by atoms with Crippen LogP contribution in [0, 0.1) is 0 Å². The molecule has 6 rings (SSSR count). The number of carbonyl (C=O) groups excluding carboxylic acids is 4. The van der Waals surface area contributed by atoms with Crippen molar-refractivity contribution in [1.29, 1.82) is 0 Å². The Morgan fingerprint density at radius 2 is 0.884 bits per heavy atom. The third-order valence-corrected chi connectivity index (χ3v) is 6.89. The number of nitrogens with zero attached hydrogens (tertiary/aromatic N) is 2. The van der Waals surface area contributed by atoms with Gasteiger partial charge >= 0.3 is 11.9 Å². The van der Waals surface area contributed by atoms with Crippen LogP contribution in [-0.2, 0) is 0 Å². The number of amides is 4. The second-order valence-electron chi connectivity index (χ2n) is 9.42. The van der Waals surface area contributed by atoms with Crippen molar-refractivity contribution in [3.63, 3.8) is 0 Å². The Morgan fingerprint density at radius 3 is 1.26 bits per heavy atom. The molecule has 0 fully saturated rings. The molecule has 13 heteroatoms. The molecule has 0 unspecified atom stereocenters. The number of carboxylic acid groups (broad SMARTS) is 2. The maximum Gasteiger partial charge on any atom is 0.339 e. The summed E-state index contributed by atoms with van der Waals surface area (Å²) in [5.74, 6) is -6.68. The Kier molecular flexibility index (Phi) is 5.93. The van der Waals surface area contributed by atoms with Crippen LogP contribution in [0.4, 0.5) is 11.4 Å². The summed E-state index contributed by atoms with van der Waals surface area (Å²) in [6, 6.07) is 14.7. The van der Waals surface area contributed by atoms with Crippen LogP contribution >= 0.6 is 0 Å². The van der Waals surface area contributed by atoms with Gasteiger partial charge in [-0.1, -0.05) is 0 Å². The summed E-state index contributed by atoms with van der Waals surface area (Å²) in [4.78, 5) is 76.7. The maximum atomic E-state index is 13.2. The number of carbonyl (C=O) groups is 6. The van der Waals surface area contributed by atoms with Crippen LogP contribution in [-0.4, -0.2) is 56.0 Å². The number of aromatic hydroxyl groups is 2. The molecule has 0 aliphatic carbocycles. The van der Waals surface area contributed by atoms with E-state index in [1.54, 1.807) is 0 Å². The van der Waals surface area contributed by atoms with Crippen LogP contribution in [0.25, 0.3) is 0 Å². The lowest BCUT2D eigenvalue weighted by Crippen LogP contribution is -2.29. The van der Waals surface area contributed by atoms with E-state index in [4.69, 9.17) is 4.74 Å². The number of hydrogen-bond acceptors (Lipinski definition) is 9. The van der Waals surface area contributed by atoms with E-state index in [1.807, 2.05) is 0 Å². The predicted molar refractivity (Wildman–Crippen MR) is 145 cm³/mol. The molecule has 2 aliphatic heterocycles. The molecule has 4 N–H and O–H groups in total. The Bertz CT molecular complexity index is 1840. The molecular formula is C30H16N2O11. The zero-order valence-corrected chi connectivity index (χ0v) is 21.5. The van der Waals surface area contributed by atoms with Crippen molar-refractivity contribution in [3.8, 4) is 23.0 Å². The SMILES string of the molecule is O=C(O)c1cc(N2C(=O)c3ccc(Oc4ccc5c(c4)C(=O)N(c4ccc(O)c(C(=O)O)c4)C5=O)cc3C2=O)ccc1O. The first-order valence-electron chi connectivity index (χ1n) is 12.3. The van der Waals surface area contributed by atoms with Crippen LogP contribution in [0.2, 0.25) is 0 Å². The highest BCUT2D eigenvalue weighted by molar-refractivity contribution is 6.35. The molecule has 0 spiro atoms. The lowest BCUT2D eigenvalue weighted by atomic mass is 10.1. The number of hydrogen-bond donors (Lipinski definition) is 4. The molecule has 43 heavy (non-hydrogen) atoms. The van der Waals surface area contributed by atoms with Crippen molar-refractivity contribution in [2.75, 3.05) is 9.80 Å². The minimum Gasteiger partial charge on any atom is -0.507 e. The van der Waals surface area contributed by atoms with Crippen molar-refractivity contribution < 1.29 is 53.9 Å². The fourth-order valence-corrected chi connectivity index (χ4v) is 4.84. The summed E-state index contributed by atoms with van der Waals surface area (Å²) < 4.78 is 5.82. The monoisotopic (exact) mass is 580 g/mol. The average Bonchev–Trinajstić information content (AvgIpc) is 3.37. The van der Waals surface area contributed by atoms with Crippen LogP contribution in [0.3, 0.4) is 0 Å². The number of rotatable bonds is 6. The zero-order valence-electron chi connectivity index (χ0n) is 21.5. The van der Waals surface area contributed by atoms with E-state index in [0.717, 1.165) is 34.1 Å². The summed E-state index contributed by atoms with van der Waals surface area (Å²) in [6.07, 6.45) is 0. The number of phenols is 2. The Morgan fingerprint density at radius 1 is 0.512 bits per heavy atom. The second-order valence-corrected chi connectivity index (χ2v) is 9.42. The summed E-state index contributed by atoms with van der Waals surface area (Å²) in [6.45, 7) is 0. The summed E-state index contributed by atoms with van der Waals surface area (Å²) in [5, 5.41) is 38.1. The van der Waals surface area contributed by atoms with Gasteiger partial charge in [0.15, 0.2) is 0 Å². The number of anilines is 2. The highest BCUT2D eigenvalue weighted by Gasteiger charge is 2.39. The van der Waals surface area contributed by atoms with E-state index in [1.165, 1.54) is 48.5 Å². The zero-order chi connectivity index (χ0) is 30.7. The number of aromatic carboxylic acids is 2. The largest absolute Gasteiger partial charge is 0.507 e. The summed E-state index contributed by atoms with van der Waals surface area (Å²) in [7, 11) is 0. The number of fused-ring (bicyclic) bond motifs is 2. The van der Waals surface area contributed by atoms with E-state index in [0.29, 0.717) is 0 Å². The summed E-state index contributed by atoms with van der Waals surface area (Å²) in [5.41, 5.74) is -1.11. The van der Waals surface area contributed by atoms with Crippen LogP contribution in [0.1, 0.15) is 62.1 Å². The molecule has 0 saturated heterocycles. The molecule has 4 aromatic carbocycles. The minimum absolute atomic E-state index is 0.0299. The van der Waals surface area contributed by atoms with E-state index >= 15 is 0 Å². The van der Waals surface area contributed by atoms with Crippen molar-refractivity contribution in [2.24, 2.45) is 0 Å². The number of imide groups is 2. The molecule has 0 bridgehead atoms. The van der Waals surface area contributed by atoms with Gasteiger partial charge in [-0.15, -0.1) is 0 Å². The Labute approximate surface area is 240 Å². The van der Waals surface area contributed by atoms with Gasteiger partial charge in [-0.25, -0.2) is 19.4 Å². The number of carboxylic acids is 2. The molecular weight excluding hydrogens is 564 g/mol. The van der Waals surface area contributed by atoms with E-state index in [9.17, 15) is 49.2 Å². The third-order valence-electron chi connectivity index (χ3n) is 6.89. The molecule has 0 atom stereocenters. The van der Waals surface area contributed by atoms with Crippen LogP contribution in [0.5, 0.6) is 23.0 Å². The molecule has 2 heterocycles. The Balaban J connectivity index is 1.27. The number of benzene rings is 4. The van der Waals surface area contributed by atoms with Gasteiger partial charge in [0.05, 0.1) is 33.6 Å². The maximum absolute atomic E-state index is 13.2. The molecule has 2 aliphatic rings. The molecule has 13 nitrogen and oxygen atoms in total. The second kappa shape index (κ2) is 9.55.